The van der Waals surface area contributed by atoms with E-state index in [9.17, 15) is 19.1 Å². The number of aliphatic hydroxyl groups is 1. The number of hydrogen-bond donors (Lipinski definition) is 2. The molecule has 13 heteroatoms. The number of aryl methyl sites for hydroxylation is 1. The van der Waals surface area contributed by atoms with Crippen LogP contribution in [0.3, 0.4) is 0 Å². The third kappa shape index (κ3) is 6.86. The van der Waals surface area contributed by atoms with Crippen LogP contribution in [-0.2, 0) is 22.6 Å². The lowest BCUT2D eigenvalue weighted by Gasteiger charge is -2.22. The Hall–Kier alpha value is -3.97. The number of carbonyl (C=O) groups is 2. The SMILES string of the molecule is COc1cc(CNC(=O)c2cc(-c3nnn(C[C@@H]4CCN(C(O)COC(C)=O)C4)n3)cc(C)n2)ccc1F. The fraction of sp³-hybridized carbons (Fsp3) is 0.440. The summed E-state index contributed by atoms with van der Waals surface area (Å²) in [7, 11) is 1.38. The number of halogens is 1. The van der Waals surface area contributed by atoms with E-state index in [1.807, 2.05) is 4.90 Å². The molecule has 202 valence electrons. The Labute approximate surface area is 218 Å². The van der Waals surface area contributed by atoms with Crippen LogP contribution < -0.4 is 10.1 Å². The van der Waals surface area contributed by atoms with Gasteiger partial charge in [0.25, 0.3) is 5.91 Å². The summed E-state index contributed by atoms with van der Waals surface area (Å²) in [6.07, 6.45) is -0.0234. The van der Waals surface area contributed by atoms with Crippen molar-refractivity contribution in [3.8, 4) is 17.1 Å². The van der Waals surface area contributed by atoms with E-state index in [1.54, 1.807) is 25.1 Å². The lowest BCUT2D eigenvalue weighted by molar-refractivity contribution is -0.148. The zero-order chi connectivity index (χ0) is 27.2. The molecule has 1 amide bonds. The molecule has 4 rings (SSSR count). The molecule has 1 saturated heterocycles. The van der Waals surface area contributed by atoms with Gasteiger partial charge >= 0.3 is 5.97 Å². The molecule has 2 N–H and O–H groups in total. The number of nitrogens with zero attached hydrogens (tertiary/aromatic N) is 6. The summed E-state index contributed by atoms with van der Waals surface area (Å²) in [4.78, 5) is 31.4. The van der Waals surface area contributed by atoms with Crippen molar-refractivity contribution in [3.63, 3.8) is 0 Å². The summed E-state index contributed by atoms with van der Waals surface area (Å²) >= 11 is 0. The number of aliphatic hydroxyl groups excluding tert-OH is 1. The third-order valence-corrected chi connectivity index (χ3v) is 6.16. The molecule has 1 unspecified atom stereocenters. The molecule has 2 aromatic heterocycles. The number of amides is 1. The highest BCUT2D eigenvalue weighted by Gasteiger charge is 2.28. The third-order valence-electron chi connectivity index (χ3n) is 6.16. The van der Waals surface area contributed by atoms with E-state index in [-0.39, 0.29) is 30.5 Å². The van der Waals surface area contributed by atoms with Gasteiger partial charge in [-0.15, -0.1) is 10.2 Å². The number of nitrogens with one attached hydrogen (secondary N) is 1. The van der Waals surface area contributed by atoms with E-state index in [0.717, 1.165) is 6.42 Å². The molecular formula is C25H30FN7O5. The Balaban J connectivity index is 1.37. The Morgan fingerprint density at radius 1 is 1.29 bits per heavy atom. The molecule has 2 atom stereocenters. The second-order valence-electron chi connectivity index (χ2n) is 9.13. The number of pyridine rings is 1. The molecule has 38 heavy (non-hydrogen) atoms. The molecule has 3 heterocycles. The Morgan fingerprint density at radius 2 is 2.11 bits per heavy atom. The minimum Gasteiger partial charge on any atom is -0.494 e. The van der Waals surface area contributed by atoms with E-state index >= 15 is 0 Å². The molecule has 1 fully saturated rings. The summed E-state index contributed by atoms with van der Waals surface area (Å²) in [5, 5.41) is 25.8. The molecule has 0 spiro atoms. The van der Waals surface area contributed by atoms with Crippen molar-refractivity contribution in [2.24, 2.45) is 5.92 Å². The standard InChI is InChI=1S/C25H30FN7O5/c1-15-8-19(10-21(28-15)25(36)27-11-17-4-5-20(26)22(9-17)37-3)24-29-31-33(30-24)13-18-6-7-32(12-18)23(35)14-38-16(2)34/h4-5,8-10,18,23,35H,6-7,11-14H2,1-3H3,(H,27,36)/t18-,23?/m1/s1. The Morgan fingerprint density at radius 3 is 2.87 bits per heavy atom. The maximum absolute atomic E-state index is 13.6. The highest BCUT2D eigenvalue weighted by Crippen LogP contribution is 2.21. The van der Waals surface area contributed by atoms with Gasteiger partial charge in [-0.25, -0.2) is 9.37 Å². The van der Waals surface area contributed by atoms with Crippen LogP contribution in [0.1, 0.15) is 35.1 Å². The summed E-state index contributed by atoms with van der Waals surface area (Å²) in [5.74, 6) is -0.656. The lowest BCUT2D eigenvalue weighted by Crippen LogP contribution is -2.37. The molecule has 0 radical (unpaired) electrons. The first-order valence-corrected chi connectivity index (χ1v) is 12.1. The van der Waals surface area contributed by atoms with Crippen LogP contribution in [0.4, 0.5) is 4.39 Å². The van der Waals surface area contributed by atoms with Crippen molar-refractivity contribution < 1.29 is 28.6 Å². The molecule has 3 aromatic rings. The number of aromatic nitrogens is 5. The summed E-state index contributed by atoms with van der Waals surface area (Å²) in [6.45, 7) is 4.95. The number of methoxy groups -OCH3 is 1. The number of esters is 1. The van der Waals surface area contributed by atoms with Crippen LogP contribution in [0, 0.1) is 18.7 Å². The van der Waals surface area contributed by atoms with E-state index in [4.69, 9.17) is 9.47 Å². The first kappa shape index (κ1) is 27.1. The first-order valence-electron chi connectivity index (χ1n) is 12.1. The lowest BCUT2D eigenvalue weighted by atomic mass is 10.1. The molecule has 0 aliphatic carbocycles. The number of benzene rings is 1. The molecule has 1 aliphatic heterocycles. The predicted octanol–water partition coefficient (Wildman–Crippen LogP) is 1.32. The number of likely N-dealkylation sites (tertiary alicyclic amines) is 1. The van der Waals surface area contributed by atoms with E-state index in [0.29, 0.717) is 42.3 Å². The molecule has 12 nitrogen and oxygen atoms in total. The molecule has 0 bridgehead atoms. The summed E-state index contributed by atoms with van der Waals surface area (Å²) in [5.41, 5.74) is 2.08. The summed E-state index contributed by atoms with van der Waals surface area (Å²) in [6, 6.07) is 7.74. The number of ether oxygens (including phenoxy) is 2. The average molecular weight is 528 g/mol. The molecule has 1 aromatic carbocycles. The maximum Gasteiger partial charge on any atom is 0.302 e. The van der Waals surface area contributed by atoms with Gasteiger partial charge in [-0.3, -0.25) is 14.5 Å². The minimum absolute atomic E-state index is 0.0663. The van der Waals surface area contributed by atoms with Crippen molar-refractivity contribution >= 4 is 11.9 Å². The largest absolute Gasteiger partial charge is 0.494 e. The van der Waals surface area contributed by atoms with Crippen LogP contribution in [0.25, 0.3) is 11.4 Å². The smallest absolute Gasteiger partial charge is 0.302 e. The Kier molecular flexibility index (Phi) is 8.59. The van der Waals surface area contributed by atoms with E-state index in [2.05, 4.69) is 25.7 Å². The van der Waals surface area contributed by atoms with Gasteiger partial charge in [0, 0.05) is 37.8 Å². The second-order valence-corrected chi connectivity index (χ2v) is 9.13. The fourth-order valence-corrected chi connectivity index (χ4v) is 4.25. The van der Waals surface area contributed by atoms with Gasteiger partial charge in [0.1, 0.15) is 18.5 Å². The van der Waals surface area contributed by atoms with Gasteiger partial charge in [-0.05, 0) is 54.3 Å². The van der Waals surface area contributed by atoms with Crippen molar-refractivity contribution in [2.45, 2.75) is 39.6 Å². The number of carbonyl (C=O) groups excluding carboxylic acids is 2. The summed E-state index contributed by atoms with van der Waals surface area (Å²) < 4.78 is 23.5. The average Bonchev–Trinajstić information content (AvgIpc) is 3.56. The van der Waals surface area contributed by atoms with Gasteiger partial charge in [-0.1, -0.05) is 6.07 Å². The zero-order valence-electron chi connectivity index (χ0n) is 21.4. The Bertz CT molecular complexity index is 1300. The first-order chi connectivity index (χ1) is 18.2. The zero-order valence-corrected chi connectivity index (χ0v) is 21.4. The fourth-order valence-electron chi connectivity index (χ4n) is 4.25. The normalized spacial score (nSPS) is 16.3. The number of hydrogen-bond acceptors (Lipinski definition) is 10. The van der Waals surface area contributed by atoms with Crippen molar-refractivity contribution in [2.75, 3.05) is 26.8 Å². The van der Waals surface area contributed by atoms with E-state index in [1.165, 1.54) is 31.0 Å². The second kappa shape index (κ2) is 12.0. The minimum atomic E-state index is -0.849. The van der Waals surface area contributed by atoms with Crippen molar-refractivity contribution in [1.29, 1.82) is 0 Å². The van der Waals surface area contributed by atoms with Crippen LogP contribution in [0.5, 0.6) is 5.75 Å². The van der Waals surface area contributed by atoms with Crippen LogP contribution >= 0.6 is 0 Å². The quantitative estimate of drug-likeness (QED) is 0.370. The number of rotatable bonds is 10. The van der Waals surface area contributed by atoms with Crippen LogP contribution in [-0.4, -0.2) is 80.1 Å². The predicted molar refractivity (Wildman–Crippen MR) is 132 cm³/mol. The highest BCUT2D eigenvalue weighted by molar-refractivity contribution is 5.93. The van der Waals surface area contributed by atoms with Gasteiger partial charge in [0.15, 0.2) is 11.6 Å². The topological polar surface area (TPSA) is 145 Å². The van der Waals surface area contributed by atoms with Crippen LogP contribution in [0.2, 0.25) is 0 Å². The van der Waals surface area contributed by atoms with Gasteiger partial charge in [-0.2, -0.15) is 4.80 Å². The molecule has 1 aliphatic rings. The van der Waals surface area contributed by atoms with E-state index < -0.39 is 23.9 Å². The highest BCUT2D eigenvalue weighted by atomic mass is 19.1. The maximum atomic E-state index is 13.6. The monoisotopic (exact) mass is 527 g/mol. The van der Waals surface area contributed by atoms with Gasteiger partial charge in [0.2, 0.25) is 5.82 Å². The van der Waals surface area contributed by atoms with Crippen LogP contribution in [0.15, 0.2) is 30.3 Å². The van der Waals surface area contributed by atoms with Gasteiger partial charge < -0.3 is 19.9 Å². The van der Waals surface area contributed by atoms with Gasteiger partial charge in [0.05, 0.1) is 13.7 Å². The van der Waals surface area contributed by atoms with Crippen molar-refractivity contribution in [1.82, 2.24) is 35.4 Å². The molecular weight excluding hydrogens is 497 g/mol. The molecule has 0 saturated carbocycles. The number of tetrazole rings is 1. The van der Waals surface area contributed by atoms with Crippen molar-refractivity contribution in [3.05, 3.63) is 53.1 Å².